The molecule has 2 unspecified atom stereocenters. The number of nitrogens with zero attached hydrogens (tertiary/aromatic N) is 1. The third-order valence-electron chi connectivity index (χ3n) is 4.77. The minimum Gasteiger partial charge on any atom is -0.390 e. The van der Waals surface area contributed by atoms with Crippen molar-refractivity contribution in [2.45, 2.75) is 51.8 Å². The second-order valence-electron chi connectivity index (χ2n) is 7.77. The summed E-state index contributed by atoms with van der Waals surface area (Å²) in [6.45, 7) is 10.9. The normalized spacial score (nSPS) is 20.7. The van der Waals surface area contributed by atoms with Crippen molar-refractivity contribution in [1.29, 1.82) is 0 Å². The zero-order valence-electron chi connectivity index (χ0n) is 14.7. The molecule has 0 saturated carbocycles. The van der Waals surface area contributed by atoms with Gasteiger partial charge in [-0.1, -0.05) is 18.2 Å². The number of aliphatic hydroxyl groups excluding tert-OH is 1. The Kier molecular flexibility index (Phi) is 4.50. The highest BCUT2D eigenvalue weighted by molar-refractivity contribution is 5.85. The highest BCUT2D eigenvalue weighted by Crippen LogP contribution is 2.34. The number of β-amino-alcohol motifs (C(OH)–C–C–N with tert-alkyl or cyclic N) is 1. The number of hydrogen-bond acceptors (Lipinski definition) is 3. The standard InChI is InChI=1S/C19H29N3O/c1-13-18-16(15-7-5-6-8-17(15)21-18)9-10-22(13)12-14(23)11-20-19(2,3)4/h5-8,13-14,20-21,23H,9-12H2,1-4H3. The molecule has 1 aliphatic heterocycles. The van der Waals surface area contributed by atoms with E-state index in [2.05, 4.69) is 67.2 Å². The van der Waals surface area contributed by atoms with Crippen molar-refractivity contribution in [2.75, 3.05) is 19.6 Å². The first-order valence-electron chi connectivity index (χ1n) is 8.62. The first-order valence-corrected chi connectivity index (χ1v) is 8.62. The number of benzene rings is 1. The summed E-state index contributed by atoms with van der Waals surface area (Å²) in [5.74, 6) is 0. The topological polar surface area (TPSA) is 51.3 Å². The van der Waals surface area contributed by atoms with Gasteiger partial charge in [0.05, 0.1) is 6.10 Å². The van der Waals surface area contributed by atoms with E-state index in [4.69, 9.17) is 0 Å². The number of fused-ring (bicyclic) bond motifs is 3. The summed E-state index contributed by atoms with van der Waals surface area (Å²) < 4.78 is 0. The lowest BCUT2D eigenvalue weighted by atomic mass is 9.98. The van der Waals surface area contributed by atoms with Crippen molar-refractivity contribution < 1.29 is 5.11 Å². The van der Waals surface area contributed by atoms with Gasteiger partial charge in [-0.3, -0.25) is 4.90 Å². The van der Waals surface area contributed by atoms with Crippen LogP contribution >= 0.6 is 0 Å². The summed E-state index contributed by atoms with van der Waals surface area (Å²) in [7, 11) is 0. The zero-order chi connectivity index (χ0) is 16.6. The van der Waals surface area contributed by atoms with Crippen LogP contribution < -0.4 is 5.32 Å². The van der Waals surface area contributed by atoms with E-state index in [-0.39, 0.29) is 11.6 Å². The third-order valence-corrected chi connectivity index (χ3v) is 4.77. The first kappa shape index (κ1) is 16.5. The van der Waals surface area contributed by atoms with Gasteiger partial charge in [0.1, 0.15) is 0 Å². The van der Waals surface area contributed by atoms with Gasteiger partial charge in [0.15, 0.2) is 0 Å². The summed E-state index contributed by atoms with van der Waals surface area (Å²) >= 11 is 0. The van der Waals surface area contributed by atoms with E-state index in [0.717, 1.165) is 13.0 Å². The van der Waals surface area contributed by atoms with Gasteiger partial charge in [0.25, 0.3) is 0 Å². The Morgan fingerprint density at radius 3 is 2.83 bits per heavy atom. The average Bonchev–Trinajstić information content (AvgIpc) is 2.87. The molecule has 0 fully saturated rings. The zero-order valence-corrected chi connectivity index (χ0v) is 14.7. The summed E-state index contributed by atoms with van der Waals surface area (Å²) in [5.41, 5.74) is 4.03. The molecule has 0 saturated heterocycles. The maximum absolute atomic E-state index is 10.4. The number of rotatable bonds is 4. The van der Waals surface area contributed by atoms with Crippen LogP contribution in [0.15, 0.2) is 24.3 Å². The second-order valence-corrected chi connectivity index (χ2v) is 7.77. The number of aromatic amines is 1. The number of para-hydroxylation sites is 1. The van der Waals surface area contributed by atoms with Crippen LogP contribution in [0.4, 0.5) is 0 Å². The summed E-state index contributed by atoms with van der Waals surface area (Å²) in [6.07, 6.45) is 0.700. The lowest BCUT2D eigenvalue weighted by Gasteiger charge is -2.35. The highest BCUT2D eigenvalue weighted by atomic mass is 16.3. The van der Waals surface area contributed by atoms with Crippen molar-refractivity contribution in [1.82, 2.24) is 15.2 Å². The van der Waals surface area contributed by atoms with Crippen molar-refractivity contribution in [3.8, 4) is 0 Å². The second kappa shape index (κ2) is 6.27. The Balaban J connectivity index is 1.70. The van der Waals surface area contributed by atoms with Gasteiger partial charge in [-0.15, -0.1) is 0 Å². The van der Waals surface area contributed by atoms with Gasteiger partial charge in [-0.25, -0.2) is 0 Å². The Morgan fingerprint density at radius 1 is 1.35 bits per heavy atom. The lowest BCUT2D eigenvalue weighted by molar-refractivity contribution is 0.0807. The summed E-state index contributed by atoms with van der Waals surface area (Å²) in [4.78, 5) is 5.97. The van der Waals surface area contributed by atoms with Crippen molar-refractivity contribution in [3.05, 3.63) is 35.5 Å². The van der Waals surface area contributed by atoms with Gasteiger partial charge in [-0.05, 0) is 45.7 Å². The van der Waals surface area contributed by atoms with Crippen molar-refractivity contribution in [3.63, 3.8) is 0 Å². The van der Waals surface area contributed by atoms with Crippen LogP contribution in [-0.2, 0) is 6.42 Å². The van der Waals surface area contributed by atoms with Gasteiger partial charge in [0, 0.05) is 47.8 Å². The maximum atomic E-state index is 10.4. The molecule has 2 atom stereocenters. The average molecular weight is 315 g/mol. The number of aromatic nitrogens is 1. The minimum atomic E-state index is -0.345. The van der Waals surface area contributed by atoms with E-state index in [0.29, 0.717) is 19.1 Å². The van der Waals surface area contributed by atoms with Crippen LogP contribution in [0.25, 0.3) is 10.9 Å². The van der Waals surface area contributed by atoms with E-state index < -0.39 is 0 Å². The third kappa shape index (κ3) is 3.60. The Labute approximate surface area is 138 Å². The van der Waals surface area contributed by atoms with Crippen molar-refractivity contribution >= 4 is 10.9 Å². The predicted molar refractivity (Wildman–Crippen MR) is 95.8 cm³/mol. The number of nitrogens with one attached hydrogen (secondary N) is 2. The largest absolute Gasteiger partial charge is 0.390 e. The molecule has 1 aliphatic rings. The predicted octanol–water partition coefficient (Wildman–Crippen LogP) is 2.84. The number of H-pyrrole nitrogens is 1. The first-order chi connectivity index (χ1) is 10.8. The Morgan fingerprint density at radius 2 is 2.09 bits per heavy atom. The quantitative estimate of drug-likeness (QED) is 0.813. The monoisotopic (exact) mass is 315 g/mol. The molecular formula is C19H29N3O. The van der Waals surface area contributed by atoms with Crippen LogP contribution in [0.1, 0.15) is 45.0 Å². The molecule has 3 N–H and O–H groups in total. The Bertz CT molecular complexity index is 671. The molecule has 0 spiro atoms. The van der Waals surface area contributed by atoms with Crippen LogP contribution in [-0.4, -0.2) is 46.3 Å². The molecule has 0 radical (unpaired) electrons. The van der Waals surface area contributed by atoms with Gasteiger partial charge in [0.2, 0.25) is 0 Å². The minimum absolute atomic E-state index is 0.0405. The van der Waals surface area contributed by atoms with Crippen LogP contribution in [0.2, 0.25) is 0 Å². The van der Waals surface area contributed by atoms with Gasteiger partial charge < -0.3 is 15.4 Å². The molecular weight excluding hydrogens is 286 g/mol. The molecule has 126 valence electrons. The SMILES string of the molecule is CC1c2[nH]c3ccccc3c2CCN1CC(O)CNC(C)(C)C. The van der Waals surface area contributed by atoms with Gasteiger partial charge >= 0.3 is 0 Å². The molecule has 1 aromatic carbocycles. The van der Waals surface area contributed by atoms with Gasteiger partial charge in [-0.2, -0.15) is 0 Å². The van der Waals surface area contributed by atoms with E-state index in [1.165, 1.54) is 22.2 Å². The van der Waals surface area contributed by atoms with Crippen LogP contribution in [0.3, 0.4) is 0 Å². The van der Waals surface area contributed by atoms with E-state index in [1.54, 1.807) is 0 Å². The lowest BCUT2D eigenvalue weighted by Crippen LogP contribution is -2.46. The summed E-state index contributed by atoms with van der Waals surface area (Å²) in [6, 6.07) is 8.85. The molecule has 0 bridgehead atoms. The number of hydrogen-bond donors (Lipinski definition) is 3. The van der Waals surface area contributed by atoms with Crippen LogP contribution in [0, 0.1) is 0 Å². The van der Waals surface area contributed by atoms with E-state index in [1.807, 2.05) is 0 Å². The summed E-state index contributed by atoms with van der Waals surface area (Å²) in [5, 5.41) is 15.1. The molecule has 2 heterocycles. The molecule has 4 heteroatoms. The van der Waals surface area contributed by atoms with E-state index >= 15 is 0 Å². The molecule has 23 heavy (non-hydrogen) atoms. The van der Waals surface area contributed by atoms with Crippen molar-refractivity contribution in [2.24, 2.45) is 0 Å². The highest BCUT2D eigenvalue weighted by Gasteiger charge is 2.28. The van der Waals surface area contributed by atoms with E-state index in [9.17, 15) is 5.11 Å². The van der Waals surface area contributed by atoms with Crippen LogP contribution in [0.5, 0.6) is 0 Å². The fraction of sp³-hybridized carbons (Fsp3) is 0.579. The smallest absolute Gasteiger partial charge is 0.0791 e. The Hall–Kier alpha value is -1.36. The number of aliphatic hydroxyl groups is 1. The fourth-order valence-electron chi connectivity index (χ4n) is 3.49. The maximum Gasteiger partial charge on any atom is 0.0791 e. The fourth-order valence-corrected chi connectivity index (χ4v) is 3.49. The molecule has 0 aliphatic carbocycles. The molecule has 2 aromatic rings. The molecule has 0 amide bonds. The molecule has 1 aromatic heterocycles. The molecule has 3 rings (SSSR count). The molecule has 4 nitrogen and oxygen atoms in total.